The number of rotatable bonds is 2. The molecule has 0 aliphatic carbocycles. The number of hydrogen-bond acceptors (Lipinski definition) is 4. The van der Waals surface area contributed by atoms with Crippen molar-refractivity contribution < 1.29 is 19.8 Å². The molecule has 0 bridgehead atoms. The summed E-state index contributed by atoms with van der Waals surface area (Å²) >= 11 is 0. The van der Waals surface area contributed by atoms with E-state index < -0.39 is 11.9 Å². The van der Waals surface area contributed by atoms with Gasteiger partial charge in [0.25, 0.3) is 0 Å². The van der Waals surface area contributed by atoms with Gasteiger partial charge in [0.15, 0.2) is 0 Å². The zero-order valence-corrected chi connectivity index (χ0v) is 13.2. The van der Waals surface area contributed by atoms with Gasteiger partial charge in [-0.25, -0.2) is 0 Å². The van der Waals surface area contributed by atoms with Gasteiger partial charge in [-0.3, -0.25) is 0 Å². The Morgan fingerprint density at radius 3 is 1.95 bits per heavy atom. The van der Waals surface area contributed by atoms with Crippen molar-refractivity contribution >= 4 is 71.2 Å². The minimum atomic E-state index is -1.53. The van der Waals surface area contributed by atoms with Crippen molar-refractivity contribution in [1.29, 1.82) is 0 Å². The van der Waals surface area contributed by atoms with Crippen LogP contribution in [0.3, 0.4) is 0 Å². The van der Waals surface area contributed by atoms with Crippen molar-refractivity contribution in [1.82, 2.24) is 0 Å². The monoisotopic (exact) mass is 304 g/mol. The molecule has 0 unspecified atom stereocenters. The number of aromatic carboxylic acids is 2. The number of hydrogen-bond donors (Lipinski definition) is 0. The molecule has 0 aromatic heterocycles. The third-order valence-corrected chi connectivity index (χ3v) is 3.31. The van der Waals surface area contributed by atoms with Gasteiger partial charge < -0.3 is 19.8 Å². The fourth-order valence-electron chi connectivity index (χ4n) is 2.40. The first-order valence-corrected chi connectivity index (χ1v) is 5.96. The first kappa shape index (κ1) is 15.8. The fourth-order valence-corrected chi connectivity index (χ4v) is 2.40. The fraction of sp³-hybridized carbons (Fsp3) is 0. The van der Waals surface area contributed by atoms with E-state index >= 15 is 0 Å². The van der Waals surface area contributed by atoms with Crippen molar-refractivity contribution in [2.24, 2.45) is 0 Å². The smallest absolute Gasteiger partial charge is 0.545 e. The Labute approximate surface area is 150 Å². The molecule has 0 spiro atoms. The van der Waals surface area contributed by atoms with Gasteiger partial charge in [0.05, 0.1) is 11.9 Å². The average molecular weight is 304 g/mol. The van der Waals surface area contributed by atoms with E-state index in [0.29, 0.717) is 10.8 Å². The first-order chi connectivity index (χ1) is 9.58. The quantitative estimate of drug-likeness (QED) is 0.505. The second-order valence-corrected chi connectivity index (χ2v) is 4.48. The predicted octanol–water partition coefficient (Wildman–Crippen LogP) is 0.339. The van der Waals surface area contributed by atoms with Gasteiger partial charge in [-0.05, 0) is 33.7 Å². The summed E-state index contributed by atoms with van der Waals surface area (Å²) in [4.78, 5) is 22.3. The summed E-state index contributed by atoms with van der Waals surface area (Å²) in [6.07, 6.45) is 0. The summed E-state index contributed by atoms with van der Waals surface area (Å²) in [5, 5.41) is 25.1. The van der Waals surface area contributed by atoms with Crippen molar-refractivity contribution in [3.05, 3.63) is 59.7 Å². The van der Waals surface area contributed by atoms with E-state index in [9.17, 15) is 19.8 Å². The molecule has 0 atom stereocenters. The number of carboxylic acids is 2. The summed E-state index contributed by atoms with van der Waals surface area (Å²) in [6.45, 7) is 0. The molecule has 5 heteroatoms. The SMILES string of the molecule is O=C([O-])c1ccc2cc3ccccc3cc2c1C(=O)[O-].[Ca+2]. The molecule has 21 heavy (non-hydrogen) atoms. The Hall–Kier alpha value is -1.62. The first-order valence-electron chi connectivity index (χ1n) is 5.96. The van der Waals surface area contributed by atoms with Crippen LogP contribution in [0.5, 0.6) is 0 Å². The molecule has 0 saturated carbocycles. The van der Waals surface area contributed by atoms with Gasteiger partial charge in [0, 0.05) is 11.1 Å². The van der Waals surface area contributed by atoms with Crippen molar-refractivity contribution in [2.45, 2.75) is 0 Å². The van der Waals surface area contributed by atoms with Crippen LogP contribution in [-0.2, 0) is 0 Å². The number of carboxylic acid groups (broad SMARTS) is 2. The van der Waals surface area contributed by atoms with E-state index in [4.69, 9.17) is 0 Å². The number of fused-ring (bicyclic) bond motifs is 2. The normalized spacial score (nSPS) is 10.3. The van der Waals surface area contributed by atoms with Crippen LogP contribution in [0.15, 0.2) is 48.5 Å². The average Bonchev–Trinajstić information content (AvgIpc) is 2.43. The molecule has 98 valence electrons. The number of carbonyl (C=O) groups is 2. The summed E-state index contributed by atoms with van der Waals surface area (Å²) in [7, 11) is 0. The molecular weight excluding hydrogens is 296 g/mol. The molecule has 0 saturated heterocycles. The third kappa shape index (κ3) is 2.75. The zero-order chi connectivity index (χ0) is 14.3. The van der Waals surface area contributed by atoms with E-state index in [1.807, 2.05) is 30.3 Å². The molecule has 0 heterocycles. The topological polar surface area (TPSA) is 80.3 Å². The van der Waals surface area contributed by atoms with Crippen LogP contribution in [0.25, 0.3) is 21.5 Å². The van der Waals surface area contributed by atoms with Crippen LogP contribution >= 0.6 is 0 Å². The maximum Gasteiger partial charge on any atom is 2.00 e. The van der Waals surface area contributed by atoms with Crippen LogP contribution in [-0.4, -0.2) is 49.7 Å². The summed E-state index contributed by atoms with van der Waals surface area (Å²) in [5.74, 6) is -3.05. The third-order valence-electron chi connectivity index (χ3n) is 3.31. The molecule has 0 radical (unpaired) electrons. The van der Waals surface area contributed by atoms with E-state index in [-0.39, 0.29) is 48.9 Å². The van der Waals surface area contributed by atoms with Gasteiger partial charge in [0.2, 0.25) is 0 Å². The molecule has 0 N–H and O–H groups in total. The Balaban J connectivity index is 0.00000161. The molecule has 4 nitrogen and oxygen atoms in total. The van der Waals surface area contributed by atoms with E-state index in [1.165, 1.54) is 6.07 Å². The maximum absolute atomic E-state index is 11.3. The van der Waals surface area contributed by atoms with Crippen molar-refractivity contribution in [2.75, 3.05) is 0 Å². The molecule has 3 aromatic carbocycles. The summed E-state index contributed by atoms with van der Waals surface area (Å²) in [5.41, 5.74) is -0.707. The van der Waals surface area contributed by atoms with Crippen LogP contribution in [0.4, 0.5) is 0 Å². The molecule has 0 aliphatic heterocycles. The van der Waals surface area contributed by atoms with E-state index in [2.05, 4.69) is 0 Å². The van der Waals surface area contributed by atoms with Gasteiger partial charge >= 0.3 is 37.7 Å². The predicted molar refractivity (Wildman–Crippen MR) is 75.9 cm³/mol. The van der Waals surface area contributed by atoms with Gasteiger partial charge in [-0.2, -0.15) is 0 Å². The Morgan fingerprint density at radius 1 is 0.762 bits per heavy atom. The van der Waals surface area contributed by atoms with Crippen molar-refractivity contribution in [3.63, 3.8) is 0 Å². The van der Waals surface area contributed by atoms with Crippen LogP contribution in [0, 0.1) is 0 Å². The molecule has 0 aliphatic rings. The molecule has 3 rings (SSSR count). The van der Waals surface area contributed by atoms with Gasteiger partial charge in [-0.1, -0.05) is 36.4 Å². The largest absolute Gasteiger partial charge is 2.00 e. The van der Waals surface area contributed by atoms with E-state index in [0.717, 1.165) is 10.8 Å². The standard InChI is InChI=1S/C16H10O4.Ca/c17-15(18)12-6-5-11-7-9-3-1-2-4-10(9)8-13(11)14(12)16(19)20;/h1-8H,(H,17,18)(H,19,20);/q;+2/p-2. The minimum Gasteiger partial charge on any atom is -0.545 e. The Bertz CT molecular complexity index is 871. The minimum absolute atomic E-state index is 0. The Kier molecular flexibility index (Phi) is 4.52. The van der Waals surface area contributed by atoms with Crippen LogP contribution < -0.4 is 10.2 Å². The second kappa shape index (κ2) is 6.02. The second-order valence-electron chi connectivity index (χ2n) is 4.48. The molecular formula is C16H8CaO4. The molecule has 0 amide bonds. The molecule has 3 aromatic rings. The number of benzene rings is 3. The molecule has 0 fully saturated rings. The van der Waals surface area contributed by atoms with Crippen LogP contribution in [0.1, 0.15) is 20.7 Å². The number of carbonyl (C=O) groups excluding carboxylic acids is 2. The summed E-state index contributed by atoms with van der Waals surface area (Å²) < 4.78 is 0. The Morgan fingerprint density at radius 2 is 1.38 bits per heavy atom. The maximum atomic E-state index is 11.3. The van der Waals surface area contributed by atoms with Gasteiger partial charge in [-0.15, -0.1) is 0 Å². The van der Waals surface area contributed by atoms with E-state index in [1.54, 1.807) is 12.1 Å². The van der Waals surface area contributed by atoms with Crippen LogP contribution in [0.2, 0.25) is 0 Å². The zero-order valence-electron chi connectivity index (χ0n) is 11.0. The van der Waals surface area contributed by atoms with Gasteiger partial charge in [0.1, 0.15) is 0 Å². The summed E-state index contributed by atoms with van der Waals surface area (Å²) in [6, 6.07) is 13.7. The van der Waals surface area contributed by atoms with Crippen molar-refractivity contribution in [3.8, 4) is 0 Å².